The Kier molecular flexibility index (Phi) is 5.08. The molecular weight excluding hydrogens is 381 g/mol. The highest BCUT2D eigenvalue weighted by atomic mass is 32.1. The molecule has 1 aliphatic heterocycles. The van der Waals surface area contributed by atoms with Crippen molar-refractivity contribution in [2.24, 2.45) is 0 Å². The number of halogens is 1. The Hall–Kier alpha value is -2.81. The fourth-order valence-electron chi connectivity index (χ4n) is 3.22. The minimum absolute atomic E-state index is 0.0624. The molecule has 146 valence electrons. The molecule has 0 N–H and O–H groups in total. The summed E-state index contributed by atoms with van der Waals surface area (Å²) < 4.78 is 15.1. The van der Waals surface area contributed by atoms with E-state index in [1.165, 1.54) is 28.0 Å². The van der Waals surface area contributed by atoms with Crippen LogP contribution in [0.3, 0.4) is 0 Å². The van der Waals surface area contributed by atoms with Crippen molar-refractivity contribution >= 4 is 27.3 Å². The summed E-state index contributed by atoms with van der Waals surface area (Å²) in [6.07, 6.45) is 0.759. The Balaban J connectivity index is 1.43. The average molecular weight is 401 g/mol. The topological polar surface area (TPSA) is 70.8 Å². The number of carbonyl (C=O) groups is 1. The number of anilines is 1. The highest BCUT2D eigenvalue weighted by Crippen LogP contribution is 2.23. The van der Waals surface area contributed by atoms with Crippen molar-refractivity contribution in [3.05, 3.63) is 57.8 Å². The number of hydrogen-bond acceptors (Lipinski definition) is 6. The lowest BCUT2D eigenvalue weighted by Gasteiger charge is -2.34. The zero-order valence-corrected chi connectivity index (χ0v) is 16.3. The van der Waals surface area contributed by atoms with E-state index in [1.54, 1.807) is 23.1 Å². The van der Waals surface area contributed by atoms with Crippen molar-refractivity contribution in [1.82, 2.24) is 19.5 Å². The van der Waals surface area contributed by atoms with Gasteiger partial charge in [0.1, 0.15) is 5.82 Å². The molecule has 2 aromatic heterocycles. The maximum Gasteiger partial charge on any atom is 0.275 e. The Morgan fingerprint density at radius 2 is 1.96 bits per heavy atom. The van der Waals surface area contributed by atoms with E-state index in [0.717, 1.165) is 10.8 Å². The monoisotopic (exact) mass is 401 g/mol. The van der Waals surface area contributed by atoms with Crippen LogP contribution in [0.2, 0.25) is 0 Å². The molecule has 0 atom stereocenters. The van der Waals surface area contributed by atoms with Crippen LogP contribution in [0, 0.1) is 5.82 Å². The molecule has 0 bridgehead atoms. The molecule has 3 heterocycles. The van der Waals surface area contributed by atoms with Gasteiger partial charge in [0, 0.05) is 37.9 Å². The van der Waals surface area contributed by atoms with Crippen LogP contribution in [0.25, 0.3) is 4.96 Å². The first-order valence-electron chi connectivity index (χ1n) is 9.21. The maximum atomic E-state index is 13.8. The van der Waals surface area contributed by atoms with Crippen LogP contribution in [0.15, 0.2) is 35.1 Å². The number of fused-ring (bicyclic) bond motifs is 1. The number of carbonyl (C=O) groups excluding carboxylic acids is 1. The van der Waals surface area contributed by atoms with E-state index in [1.807, 2.05) is 6.92 Å². The molecular formula is C19H20FN5O2S. The second kappa shape index (κ2) is 7.67. The van der Waals surface area contributed by atoms with Gasteiger partial charge in [0.25, 0.3) is 5.56 Å². The van der Waals surface area contributed by atoms with Gasteiger partial charge in [0.15, 0.2) is 0 Å². The van der Waals surface area contributed by atoms with Crippen molar-refractivity contribution in [2.45, 2.75) is 19.8 Å². The number of piperazine rings is 1. The molecule has 28 heavy (non-hydrogen) atoms. The van der Waals surface area contributed by atoms with Gasteiger partial charge in [-0.3, -0.25) is 9.59 Å². The third-order valence-electron chi connectivity index (χ3n) is 4.85. The zero-order valence-electron chi connectivity index (χ0n) is 15.5. The fourth-order valence-corrected chi connectivity index (χ4v) is 4.20. The number of aryl methyl sites for hydroxylation is 1. The van der Waals surface area contributed by atoms with Gasteiger partial charge in [0.2, 0.25) is 16.0 Å². The molecule has 0 spiro atoms. The lowest BCUT2D eigenvalue weighted by Crippen LogP contribution is -2.49. The molecule has 0 radical (unpaired) electrons. The first kappa shape index (κ1) is 18.5. The summed E-state index contributed by atoms with van der Waals surface area (Å²) in [5.74, 6) is -0.437. The molecule has 7 nitrogen and oxygen atoms in total. The van der Waals surface area contributed by atoms with E-state index in [-0.39, 0.29) is 23.7 Å². The summed E-state index contributed by atoms with van der Waals surface area (Å²) in [7, 11) is 0. The molecule has 1 amide bonds. The van der Waals surface area contributed by atoms with Crippen LogP contribution in [0.5, 0.6) is 0 Å². The lowest BCUT2D eigenvalue weighted by atomic mass is 10.1. The van der Waals surface area contributed by atoms with Gasteiger partial charge in [-0.25, -0.2) is 9.37 Å². The number of rotatable bonds is 4. The molecule has 3 aromatic rings. The van der Waals surface area contributed by atoms with Gasteiger partial charge in [-0.2, -0.15) is 4.52 Å². The van der Waals surface area contributed by atoms with E-state index in [2.05, 4.69) is 15.0 Å². The highest BCUT2D eigenvalue weighted by Gasteiger charge is 2.24. The Bertz CT molecular complexity index is 1070. The summed E-state index contributed by atoms with van der Waals surface area (Å²) in [6.45, 7) is 4.24. The van der Waals surface area contributed by atoms with Crippen molar-refractivity contribution < 1.29 is 9.18 Å². The van der Waals surface area contributed by atoms with Crippen LogP contribution >= 0.6 is 11.3 Å². The third kappa shape index (κ3) is 3.62. The summed E-state index contributed by atoms with van der Waals surface area (Å²) >= 11 is 1.38. The van der Waals surface area contributed by atoms with Crippen molar-refractivity contribution in [3.8, 4) is 0 Å². The summed E-state index contributed by atoms with van der Waals surface area (Å²) in [4.78, 5) is 33.5. The lowest BCUT2D eigenvalue weighted by molar-refractivity contribution is -0.130. The molecule has 1 aromatic carbocycles. The molecule has 0 saturated carbocycles. The van der Waals surface area contributed by atoms with Gasteiger partial charge >= 0.3 is 0 Å². The van der Waals surface area contributed by atoms with Gasteiger partial charge in [-0.1, -0.05) is 36.5 Å². The van der Waals surface area contributed by atoms with Crippen molar-refractivity contribution in [3.63, 3.8) is 0 Å². The predicted molar refractivity (Wildman–Crippen MR) is 105 cm³/mol. The van der Waals surface area contributed by atoms with Crippen LogP contribution < -0.4 is 10.5 Å². The number of nitrogens with zero attached hydrogens (tertiary/aromatic N) is 5. The largest absolute Gasteiger partial charge is 0.343 e. The van der Waals surface area contributed by atoms with Crippen LogP contribution in [0.1, 0.15) is 18.2 Å². The molecule has 1 aliphatic rings. The van der Waals surface area contributed by atoms with Crippen LogP contribution in [0.4, 0.5) is 9.52 Å². The van der Waals surface area contributed by atoms with E-state index >= 15 is 0 Å². The van der Waals surface area contributed by atoms with Crippen molar-refractivity contribution in [1.29, 1.82) is 0 Å². The first-order valence-corrected chi connectivity index (χ1v) is 10.0. The minimum atomic E-state index is -0.353. The van der Waals surface area contributed by atoms with Gasteiger partial charge < -0.3 is 9.80 Å². The number of benzene rings is 1. The van der Waals surface area contributed by atoms with E-state index < -0.39 is 0 Å². The molecule has 0 unspecified atom stereocenters. The van der Waals surface area contributed by atoms with Crippen molar-refractivity contribution in [2.75, 3.05) is 31.1 Å². The predicted octanol–water partition coefficient (Wildman–Crippen LogP) is 1.74. The summed E-state index contributed by atoms with van der Waals surface area (Å²) in [5, 5.41) is 5.11. The second-order valence-corrected chi connectivity index (χ2v) is 7.59. The number of aromatic nitrogens is 3. The molecule has 4 rings (SSSR count). The third-order valence-corrected chi connectivity index (χ3v) is 5.82. The van der Waals surface area contributed by atoms with Crippen LogP contribution in [-0.2, 0) is 17.6 Å². The zero-order chi connectivity index (χ0) is 19.7. The Labute approximate surface area is 165 Å². The van der Waals surface area contributed by atoms with Gasteiger partial charge in [0.05, 0.1) is 6.42 Å². The maximum absolute atomic E-state index is 13.8. The normalized spacial score (nSPS) is 14.6. The number of amides is 1. The minimum Gasteiger partial charge on any atom is -0.343 e. The van der Waals surface area contributed by atoms with E-state index in [9.17, 15) is 14.0 Å². The van der Waals surface area contributed by atoms with E-state index in [4.69, 9.17) is 0 Å². The SMILES string of the molecule is CCc1cc(=O)n2nc(N3CCN(C(=O)Cc4ccccc4F)CC3)sc2n1. The first-order chi connectivity index (χ1) is 13.5. The average Bonchev–Trinajstić information content (AvgIpc) is 3.14. The second-order valence-electron chi connectivity index (χ2n) is 6.65. The highest BCUT2D eigenvalue weighted by molar-refractivity contribution is 7.20. The number of hydrogen-bond donors (Lipinski definition) is 0. The molecule has 1 fully saturated rings. The standard InChI is InChI=1S/C19H20FN5O2S/c1-2-14-12-17(27)25-18(21-14)28-19(22-25)24-9-7-23(8-10-24)16(26)11-13-5-3-4-6-15(13)20/h3-6,12H,2,7-11H2,1H3. The van der Waals surface area contributed by atoms with Gasteiger partial charge in [-0.15, -0.1) is 5.10 Å². The van der Waals surface area contributed by atoms with Gasteiger partial charge in [-0.05, 0) is 18.1 Å². The summed E-state index contributed by atoms with van der Waals surface area (Å²) in [5.41, 5.74) is 0.991. The summed E-state index contributed by atoms with van der Waals surface area (Å²) in [6, 6.07) is 7.86. The Morgan fingerprint density at radius 1 is 1.21 bits per heavy atom. The fraction of sp³-hybridized carbons (Fsp3) is 0.368. The molecule has 0 aliphatic carbocycles. The van der Waals surface area contributed by atoms with E-state index in [0.29, 0.717) is 43.1 Å². The quantitative estimate of drug-likeness (QED) is 0.666. The molecule has 1 saturated heterocycles. The molecule has 9 heteroatoms. The Morgan fingerprint density at radius 3 is 2.68 bits per heavy atom. The van der Waals surface area contributed by atoms with Crippen LogP contribution in [-0.4, -0.2) is 51.6 Å². The smallest absolute Gasteiger partial charge is 0.275 e.